The van der Waals surface area contributed by atoms with Crippen LogP contribution in [0.1, 0.15) is 19.3 Å². The zero-order chi connectivity index (χ0) is 11.8. The van der Waals surface area contributed by atoms with E-state index in [1.165, 1.54) is 13.5 Å². The van der Waals surface area contributed by atoms with Gasteiger partial charge >= 0.3 is 5.97 Å². The van der Waals surface area contributed by atoms with Crippen LogP contribution >= 0.6 is 0 Å². The molecule has 3 heteroatoms. The molecule has 1 fully saturated rings. The molecule has 0 heterocycles. The maximum Gasteiger partial charge on any atom is 0.308 e. The van der Waals surface area contributed by atoms with Gasteiger partial charge < -0.3 is 9.47 Å². The van der Waals surface area contributed by atoms with E-state index in [2.05, 4.69) is 23.0 Å². The fraction of sp³-hybridized carbons (Fsp3) is 0.643. The first kappa shape index (κ1) is 10.9. The lowest BCUT2D eigenvalue weighted by atomic mass is 9.86. The highest BCUT2D eigenvalue weighted by Crippen LogP contribution is 2.54. The third kappa shape index (κ3) is 1.88. The molecule has 0 amide bonds. The first-order valence-corrected chi connectivity index (χ1v) is 6.36. The molecule has 3 rings (SSSR count). The van der Waals surface area contributed by atoms with Crippen molar-refractivity contribution in [1.29, 1.82) is 0 Å². The highest BCUT2D eigenvalue weighted by Gasteiger charge is 2.46. The van der Waals surface area contributed by atoms with Crippen molar-refractivity contribution in [2.45, 2.75) is 19.3 Å². The maximum atomic E-state index is 11.0. The summed E-state index contributed by atoms with van der Waals surface area (Å²) in [7, 11) is 1.41. The van der Waals surface area contributed by atoms with Gasteiger partial charge in [-0.3, -0.25) is 4.79 Å². The first-order valence-electron chi connectivity index (χ1n) is 6.36. The van der Waals surface area contributed by atoms with Crippen LogP contribution in [0, 0.1) is 23.7 Å². The minimum atomic E-state index is -0.203. The van der Waals surface area contributed by atoms with Crippen LogP contribution in [-0.4, -0.2) is 19.7 Å². The number of esters is 1. The average Bonchev–Trinajstić information content (AvgIpc) is 2.99. The van der Waals surface area contributed by atoms with Crippen LogP contribution in [0.25, 0.3) is 0 Å². The van der Waals surface area contributed by atoms with Crippen molar-refractivity contribution in [2.75, 3.05) is 13.7 Å². The summed E-state index contributed by atoms with van der Waals surface area (Å²) >= 11 is 0. The highest BCUT2D eigenvalue weighted by molar-refractivity contribution is 5.69. The summed E-state index contributed by atoms with van der Waals surface area (Å²) < 4.78 is 10.3. The van der Waals surface area contributed by atoms with Crippen molar-refractivity contribution >= 4 is 5.97 Å². The molecule has 17 heavy (non-hydrogen) atoms. The van der Waals surface area contributed by atoms with Crippen molar-refractivity contribution in [3.63, 3.8) is 0 Å². The molecule has 92 valence electrons. The van der Waals surface area contributed by atoms with E-state index < -0.39 is 0 Å². The van der Waals surface area contributed by atoms with E-state index in [1.807, 2.05) is 0 Å². The Hall–Kier alpha value is -1.25. The molecule has 0 spiro atoms. The molecule has 0 radical (unpaired) electrons. The Balaban J connectivity index is 1.51. The maximum absolute atomic E-state index is 11.0. The van der Waals surface area contributed by atoms with Crippen molar-refractivity contribution in [3.05, 3.63) is 24.0 Å². The van der Waals surface area contributed by atoms with E-state index in [-0.39, 0.29) is 5.97 Å². The van der Waals surface area contributed by atoms with Crippen LogP contribution in [0.2, 0.25) is 0 Å². The normalized spacial score (nSPS) is 36.9. The zero-order valence-electron chi connectivity index (χ0n) is 10.1. The Bertz CT molecular complexity index is 383. The van der Waals surface area contributed by atoms with Gasteiger partial charge in [0.1, 0.15) is 0 Å². The lowest BCUT2D eigenvalue weighted by molar-refractivity contribution is -0.141. The fourth-order valence-corrected chi connectivity index (χ4v) is 3.49. The molecule has 1 saturated carbocycles. The van der Waals surface area contributed by atoms with Crippen LogP contribution in [0.4, 0.5) is 0 Å². The van der Waals surface area contributed by atoms with E-state index in [1.54, 1.807) is 0 Å². The Kier molecular flexibility index (Phi) is 2.69. The molecule has 4 unspecified atom stereocenters. The topological polar surface area (TPSA) is 35.5 Å². The second-order valence-corrected chi connectivity index (χ2v) is 5.20. The van der Waals surface area contributed by atoms with Crippen molar-refractivity contribution in [1.82, 2.24) is 0 Å². The number of hydrogen-bond acceptors (Lipinski definition) is 3. The van der Waals surface area contributed by atoms with Crippen LogP contribution in [-0.2, 0) is 14.3 Å². The number of allylic oxidation sites excluding steroid dienone is 4. The Morgan fingerprint density at radius 2 is 2.24 bits per heavy atom. The second-order valence-electron chi connectivity index (χ2n) is 5.20. The molecule has 3 aliphatic carbocycles. The van der Waals surface area contributed by atoms with Gasteiger partial charge in [0.05, 0.1) is 25.9 Å². The lowest BCUT2D eigenvalue weighted by Gasteiger charge is -2.18. The van der Waals surface area contributed by atoms with E-state index in [0.717, 1.165) is 29.9 Å². The van der Waals surface area contributed by atoms with E-state index in [4.69, 9.17) is 4.74 Å². The molecule has 0 aliphatic heterocycles. The van der Waals surface area contributed by atoms with Gasteiger partial charge in [0.2, 0.25) is 0 Å². The van der Waals surface area contributed by atoms with Crippen LogP contribution in [0.15, 0.2) is 24.0 Å². The average molecular weight is 234 g/mol. The largest absolute Gasteiger partial charge is 0.498 e. The summed E-state index contributed by atoms with van der Waals surface area (Å²) in [5, 5.41) is 0. The zero-order valence-corrected chi connectivity index (χ0v) is 10.1. The van der Waals surface area contributed by atoms with Crippen LogP contribution < -0.4 is 0 Å². The predicted molar refractivity (Wildman–Crippen MR) is 63.0 cm³/mol. The number of methoxy groups -OCH3 is 1. The van der Waals surface area contributed by atoms with Crippen LogP contribution in [0.3, 0.4) is 0 Å². The van der Waals surface area contributed by atoms with E-state index >= 15 is 0 Å². The monoisotopic (exact) mass is 234 g/mol. The number of carbonyl (C=O) groups excluding carboxylic acids is 1. The SMILES string of the molecule is COC(=O)CCOC1=CC2C3C=CC(C3)C2C1. The van der Waals surface area contributed by atoms with Gasteiger partial charge in [0, 0.05) is 6.42 Å². The van der Waals surface area contributed by atoms with Crippen molar-refractivity contribution in [3.8, 4) is 0 Å². The minimum Gasteiger partial charge on any atom is -0.498 e. The Labute approximate surface area is 101 Å². The van der Waals surface area contributed by atoms with Gasteiger partial charge in [-0.05, 0) is 36.2 Å². The molecule has 0 N–H and O–H groups in total. The summed E-state index contributed by atoms with van der Waals surface area (Å²) in [4.78, 5) is 11.0. The van der Waals surface area contributed by atoms with Gasteiger partial charge in [0.25, 0.3) is 0 Å². The molecular formula is C14H18O3. The van der Waals surface area contributed by atoms with Gasteiger partial charge in [-0.15, -0.1) is 0 Å². The lowest BCUT2D eigenvalue weighted by Crippen LogP contribution is -2.12. The van der Waals surface area contributed by atoms with Crippen molar-refractivity contribution < 1.29 is 14.3 Å². The Morgan fingerprint density at radius 1 is 1.41 bits per heavy atom. The number of fused-ring (bicyclic) bond motifs is 5. The third-order valence-electron chi connectivity index (χ3n) is 4.33. The van der Waals surface area contributed by atoms with Crippen molar-refractivity contribution in [2.24, 2.45) is 23.7 Å². The standard InChI is InChI=1S/C14H18O3/c1-16-14(15)4-5-17-11-7-12-9-2-3-10(6-9)13(12)8-11/h2-3,7,9-10,12-13H,4-6,8H2,1H3. The molecule has 0 aromatic carbocycles. The first-order chi connectivity index (χ1) is 8.28. The fourth-order valence-electron chi connectivity index (χ4n) is 3.49. The van der Waals surface area contributed by atoms with E-state index in [0.29, 0.717) is 18.9 Å². The summed E-state index contributed by atoms with van der Waals surface area (Å²) in [5.41, 5.74) is 0. The highest BCUT2D eigenvalue weighted by atomic mass is 16.5. The summed E-state index contributed by atoms with van der Waals surface area (Å²) in [6, 6.07) is 0. The number of rotatable bonds is 4. The third-order valence-corrected chi connectivity index (χ3v) is 4.33. The van der Waals surface area contributed by atoms with Gasteiger partial charge in [-0.1, -0.05) is 12.2 Å². The molecule has 2 bridgehead atoms. The molecular weight excluding hydrogens is 216 g/mol. The quantitative estimate of drug-likeness (QED) is 0.553. The molecule has 0 saturated heterocycles. The molecule has 4 atom stereocenters. The van der Waals surface area contributed by atoms with Gasteiger partial charge in [0.15, 0.2) is 0 Å². The van der Waals surface area contributed by atoms with E-state index in [9.17, 15) is 4.79 Å². The minimum absolute atomic E-state index is 0.203. The molecule has 3 nitrogen and oxygen atoms in total. The summed E-state index contributed by atoms with van der Waals surface area (Å²) in [6.45, 7) is 0.445. The van der Waals surface area contributed by atoms with Gasteiger partial charge in [-0.2, -0.15) is 0 Å². The molecule has 0 aromatic rings. The van der Waals surface area contributed by atoms with Gasteiger partial charge in [-0.25, -0.2) is 0 Å². The number of hydrogen-bond donors (Lipinski definition) is 0. The smallest absolute Gasteiger partial charge is 0.308 e. The summed E-state index contributed by atoms with van der Waals surface area (Å²) in [5.74, 6) is 3.85. The van der Waals surface area contributed by atoms with Crippen LogP contribution in [0.5, 0.6) is 0 Å². The number of carbonyl (C=O) groups is 1. The number of ether oxygens (including phenoxy) is 2. The predicted octanol–water partition coefficient (Wildman–Crippen LogP) is 2.29. The molecule has 0 aromatic heterocycles. The Morgan fingerprint density at radius 3 is 3.00 bits per heavy atom. The summed E-state index contributed by atoms with van der Waals surface area (Å²) in [6.07, 6.45) is 9.75. The molecule has 3 aliphatic rings. The second kappa shape index (κ2) is 4.21.